The summed E-state index contributed by atoms with van der Waals surface area (Å²) in [5.74, 6) is 0.102. The molecule has 0 radical (unpaired) electrons. The normalized spacial score (nSPS) is 28.0. The Morgan fingerprint density at radius 2 is 1.96 bits per heavy atom. The van der Waals surface area contributed by atoms with Crippen molar-refractivity contribution in [3.05, 3.63) is 35.4 Å². The molecule has 1 atom stereocenters. The lowest BCUT2D eigenvalue weighted by atomic mass is 9.84. The first kappa shape index (κ1) is 15.6. The topological polar surface area (TPSA) is 49.9 Å². The number of fused-ring (bicyclic) bond motifs is 2. The third kappa shape index (κ3) is 2.51. The fraction of sp³-hybridized carbons (Fsp3) is 0.579. The van der Waals surface area contributed by atoms with Crippen LogP contribution in [0.2, 0.25) is 0 Å². The van der Waals surface area contributed by atoms with Gasteiger partial charge in [0.15, 0.2) is 5.60 Å². The van der Waals surface area contributed by atoms with Crippen molar-refractivity contribution in [3.63, 3.8) is 0 Å². The predicted molar refractivity (Wildman–Crippen MR) is 89.6 cm³/mol. The van der Waals surface area contributed by atoms with Gasteiger partial charge in [-0.2, -0.15) is 0 Å². The third-order valence-electron chi connectivity index (χ3n) is 5.76. The van der Waals surface area contributed by atoms with Gasteiger partial charge in [-0.1, -0.05) is 18.2 Å². The standard InChI is InChI=1S/C19H24N2O3/c1-20-11-7-14(8-12-20)17(22)21-10-4-9-19(13-21)16-6-3-2-5-15(16)18(23)24-19/h2-3,5-6,14H,4,7-13H2,1H3. The minimum absolute atomic E-state index is 0.115. The summed E-state index contributed by atoms with van der Waals surface area (Å²) in [5, 5.41) is 0. The van der Waals surface area contributed by atoms with Crippen molar-refractivity contribution in [3.8, 4) is 0 Å². The van der Waals surface area contributed by atoms with Crippen LogP contribution >= 0.6 is 0 Å². The highest BCUT2D eigenvalue weighted by Gasteiger charge is 2.49. The van der Waals surface area contributed by atoms with Gasteiger partial charge in [-0.25, -0.2) is 4.79 Å². The molecular weight excluding hydrogens is 304 g/mol. The summed E-state index contributed by atoms with van der Waals surface area (Å²) < 4.78 is 5.80. The van der Waals surface area contributed by atoms with E-state index in [2.05, 4.69) is 11.9 Å². The molecule has 3 heterocycles. The molecule has 5 heteroatoms. The molecule has 1 spiro atoms. The number of rotatable bonds is 1. The van der Waals surface area contributed by atoms with Crippen molar-refractivity contribution >= 4 is 11.9 Å². The number of amides is 1. The zero-order valence-electron chi connectivity index (χ0n) is 14.2. The number of nitrogens with zero attached hydrogens (tertiary/aromatic N) is 2. The molecule has 0 aliphatic carbocycles. The monoisotopic (exact) mass is 328 g/mol. The molecule has 3 aliphatic rings. The summed E-state index contributed by atoms with van der Waals surface area (Å²) in [5.41, 5.74) is 0.981. The van der Waals surface area contributed by atoms with Gasteiger partial charge in [0.1, 0.15) is 0 Å². The van der Waals surface area contributed by atoms with Crippen molar-refractivity contribution in [2.75, 3.05) is 33.2 Å². The summed E-state index contributed by atoms with van der Waals surface area (Å²) in [4.78, 5) is 29.4. The molecule has 24 heavy (non-hydrogen) atoms. The van der Waals surface area contributed by atoms with Gasteiger partial charge in [-0.15, -0.1) is 0 Å². The Labute approximate surface area is 142 Å². The van der Waals surface area contributed by atoms with Gasteiger partial charge >= 0.3 is 5.97 Å². The Kier molecular flexibility index (Phi) is 3.83. The Balaban J connectivity index is 1.54. The number of ether oxygens (including phenoxy) is 1. The molecule has 0 N–H and O–H groups in total. The van der Waals surface area contributed by atoms with Crippen LogP contribution < -0.4 is 0 Å². The maximum Gasteiger partial charge on any atom is 0.339 e. The lowest BCUT2D eigenvalue weighted by molar-refractivity contribution is -0.144. The summed E-state index contributed by atoms with van der Waals surface area (Å²) in [7, 11) is 2.10. The van der Waals surface area contributed by atoms with Crippen LogP contribution in [-0.4, -0.2) is 54.9 Å². The average Bonchev–Trinajstić information content (AvgIpc) is 2.87. The smallest absolute Gasteiger partial charge is 0.339 e. The van der Waals surface area contributed by atoms with Crippen molar-refractivity contribution in [1.82, 2.24) is 9.80 Å². The van der Waals surface area contributed by atoms with E-state index in [1.54, 1.807) is 0 Å². The molecule has 3 aliphatic heterocycles. The van der Waals surface area contributed by atoms with Crippen LogP contribution in [0, 0.1) is 5.92 Å². The molecule has 1 unspecified atom stereocenters. The first-order chi connectivity index (χ1) is 11.6. The number of piperidine rings is 2. The van der Waals surface area contributed by atoms with E-state index in [0.29, 0.717) is 12.1 Å². The maximum atomic E-state index is 13.0. The Bertz CT molecular complexity index is 666. The average molecular weight is 328 g/mol. The van der Waals surface area contributed by atoms with Crippen LogP contribution in [-0.2, 0) is 15.1 Å². The highest BCUT2D eigenvalue weighted by atomic mass is 16.6. The van der Waals surface area contributed by atoms with Crippen molar-refractivity contribution < 1.29 is 14.3 Å². The lowest BCUT2D eigenvalue weighted by Crippen LogP contribution is -2.51. The Hall–Kier alpha value is -1.88. The van der Waals surface area contributed by atoms with E-state index in [-0.39, 0.29) is 17.8 Å². The number of likely N-dealkylation sites (tertiary alicyclic amines) is 2. The first-order valence-electron chi connectivity index (χ1n) is 8.89. The van der Waals surface area contributed by atoms with Gasteiger partial charge in [-0.05, 0) is 51.9 Å². The summed E-state index contributed by atoms with van der Waals surface area (Å²) in [6, 6.07) is 7.61. The summed E-state index contributed by atoms with van der Waals surface area (Å²) >= 11 is 0. The van der Waals surface area contributed by atoms with Gasteiger partial charge < -0.3 is 14.5 Å². The van der Waals surface area contributed by atoms with E-state index >= 15 is 0 Å². The molecular formula is C19H24N2O3. The van der Waals surface area contributed by atoms with Crippen molar-refractivity contribution in [1.29, 1.82) is 0 Å². The number of benzene rings is 1. The molecule has 1 aromatic rings. The number of esters is 1. The SMILES string of the molecule is CN1CCC(C(=O)N2CCCC3(C2)OC(=O)c2ccccc23)CC1. The molecule has 128 valence electrons. The largest absolute Gasteiger partial charge is 0.449 e. The number of hydrogen-bond donors (Lipinski definition) is 0. The second-order valence-electron chi connectivity index (χ2n) is 7.37. The number of hydrogen-bond acceptors (Lipinski definition) is 4. The Morgan fingerprint density at radius 1 is 1.21 bits per heavy atom. The summed E-state index contributed by atoms with van der Waals surface area (Å²) in [6.45, 7) is 3.23. The minimum atomic E-state index is -0.632. The van der Waals surface area contributed by atoms with Gasteiger partial charge in [0.2, 0.25) is 5.91 Å². The van der Waals surface area contributed by atoms with E-state index in [1.807, 2.05) is 29.2 Å². The Morgan fingerprint density at radius 3 is 2.75 bits per heavy atom. The molecule has 2 saturated heterocycles. The highest BCUT2D eigenvalue weighted by Crippen LogP contribution is 2.43. The van der Waals surface area contributed by atoms with Crippen LogP contribution in [0.5, 0.6) is 0 Å². The first-order valence-corrected chi connectivity index (χ1v) is 8.89. The van der Waals surface area contributed by atoms with E-state index in [1.165, 1.54) is 0 Å². The van der Waals surface area contributed by atoms with E-state index in [9.17, 15) is 9.59 Å². The van der Waals surface area contributed by atoms with E-state index < -0.39 is 5.60 Å². The molecule has 4 rings (SSSR count). The number of carbonyl (C=O) groups excluding carboxylic acids is 2. The fourth-order valence-corrected chi connectivity index (χ4v) is 4.37. The van der Waals surface area contributed by atoms with Crippen LogP contribution in [0.3, 0.4) is 0 Å². The van der Waals surface area contributed by atoms with Gasteiger partial charge in [0.25, 0.3) is 0 Å². The molecule has 0 aromatic heterocycles. The minimum Gasteiger partial charge on any atom is -0.449 e. The second kappa shape index (κ2) is 5.88. The molecule has 0 saturated carbocycles. The van der Waals surface area contributed by atoms with Crippen LogP contribution in [0.15, 0.2) is 24.3 Å². The van der Waals surface area contributed by atoms with Crippen LogP contribution in [0.25, 0.3) is 0 Å². The van der Waals surface area contributed by atoms with E-state index in [4.69, 9.17) is 4.74 Å². The maximum absolute atomic E-state index is 13.0. The highest BCUT2D eigenvalue weighted by molar-refractivity contribution is 5.95. The van der Waals surface area contributed by atoms with Gasteiger partial charge in [0.05, 0.1) is 12.1 Å². The molecule has 2 fully saturated rings. The zero-order chi connectivity index (χ0) is 16.7. The van der Waals surface area contributed by atoms with Crippen molar-refractivity contribution in [2.24, 2.45) is 5.92 Å². The van der Waals surface area contributed by atoms with E-state index in [0.717, 1.165) is 50.9 Å². The second-order valence-corrected chi connectivity index (χ2v) is 7.37. The quantitative estimate of drug-likeness (QED) is 0.740. The third-order valence-corrected chi connectivity index (χ3v) is 5.76. The molecule has 5 nitrogen and oxygen atoms in total. The van der Waals surface area contributed by atoms with Crippen molar-refractivity contribution in [2.45, 2.75) is 31.3 Å². The molecule has 0 bridgehead atoms. The predicted octanol–water partition coefficient (Wildman–Crippen LogP) is 2.02. The molecule has 1 aromatic carbocycles. The fourth-order valence-electron chi connectivity index (χ4n) is 4.37. The number of carbonyl (C=O) groups is 2. The lowest BCUT2D eigenvalue weighted by Gasteiger charge is -2.41. The van der Waals surface area contributed by atoms with Crippen LogP contribution in [0.1, 0.15) is 41.6 Å². The van der Waals surface area contributed by atoms with Gasteiger partial charge in [0, 0.05) is 18.0 Å². The summed E-state index contributed by atoms with van der Waals surface area (Å²) in [6.07, 6.45) is 3.53. The van der Waals surface area contributed by atoms with Gasteiger partial charge in [-0.3, -0.25) is 4.79 Å². The zero-order valence-corrected chi connectivity index (χ0v) is 14.2. The van der Waals surface area contributed by atoms with Crippen LogP contribution in [0.4, 0.5) is 0 Å². The molecule has 1 amide bonds.